The van der Waals surface area contributed by atoms with Crippen LogP contribution in [-0.4, -0.2) is 95.3 Å². The van der Waals surface area contributed by atoms with Gasteiger partial charge in [-0.05, 0) is 151 Å². The number of hydrogen-bond donors (Lipinski definition) is 7. The predicted octanol–water partition coefficient (Wildman–Crippen LogP) is 7.22. The van der Waals surface area contributed by atoms with E-state index in [4.69, 9.17) is 4.74 Å². The maximum Gasteiger partial charge on any atom is 0.145 e. The smallest absolute Gasteiger partial charge is 0.145 e. The largest absolute Gasteiger partial charge is 0.396 e. The lowest BCUT2D eigenvalue weighted by Crippen LogP contribution is -2.61. The van der Waals surface area contributed by atoms with E-state index in [0.717, 1.165) is 67.1 Å². The molecule has 4 rings (SSSR count). The summed E-state index contributed by atoms with van der Waals surface area (Å²) in [5.74, 6) is -0.637. The van der Waals surface area contributed by atoms with Gasteiger partial charge in [0, 0.05) is 37.2 Å². The van der Waals surface area contributed by atoms with Gasteiger partial charge in [-0.15, -0.1) is 0 Å². The summed E-state index contributed by atoms with van der Waals surface area (Å²) in [6, 6.07) is 8.68. The van der Waals surface area contributed by atoms with Crippen LogP contribution in [-0.2, 0) is 22.4 Å². The molecule has 9 heteroatoms. The molecule has 1 aromatic rings. The molecule has 7 N–H and O–H groups in total. The normalized spacial score (nSPS) is 32.1. The lowest BCUT2D eigenvalue weighted by Gasteiger charge is -2.57. The lowest BCUT2D eigenvalue weighted by atomic mass is 9.51. The summed E-state index contributed by atoms with van der Waals surface area (Å²) in [6.07, 6.45) is 16.4. The highest BCUT2D eigenvalue weighted by molar-refractivity contribution is 5.74. The molecule has 0 radical (unpaired) electrons. The van der Waals surface area contributed by atoms with Crippen LogP contribution in [0, 0.1) is 23.2 Å². The molecule has 2 fully saturated rings. The second-order valence-corrected chi connectivity index (χ2v) is 18.3. The molecule has 2 aliphatic carbocycles. The summed E-state index contributed by atoms with van der Waals surface area (Å²) in [5, 5.41) is 65.4. The molecule has 1 heterocycles. The number of aliphatic hydroxyl groups excluding tert-OH is 4. The van der Waals surface area contributed by atoms with Gasteiger partial charge in [0.1, 0.15) is 12.5 Å². The fraction of sp³-hybridized carbons (Fsp3) is 0.660. The van der Waals surface area contributed by atoms with E-state index < -0.39 is 35.4 Å². The number of methoxy groups -OCH3 is 1. The van der Waals surface area contributed by atoms with E-state index in [1.165, 1.54) is 11.1 Å². The Morgan fingerprint density at radius 3 is 2.61 bits per heavy atom. The molecule has 2 saturated carbocycles. The Hall–Kier alpha value is -2.73. The minimum Gasteiger partial charge on any atom is -0.396 e. The summed E-state index contributed by atoms with van der Waals surface area (Å²) < 4.78 is 5.42. The second-order valence-electron chi connectivity index (χ2n) is 18.3. The third kappa shape index (κ3) is 12.0. The average Bonchev–Trinajstić information content (AvgIpc) is 3.56. The van der Waals surface area contributed by atoms with E-state index >= 15 is 0 Å². The maximum absolute atomic E-state index is 12.8. The summed E-state index contributed by atoms with van der Waals surface area (Å²) in [5.41, 5.74) is 4.07. The fourth-order valence-corrected chi connectivity index (χ4v) is 10.7. The highest BCUT2D eigenvalue weighted by Crippen LogP contribution is 2.64. The highest BCUT2D eigenvalue weighted by Gasteiger charge is 2.65. The Kier molecular flexibility index (Phi) is 19.0. The second kappa shape index (κ2) is 22.9. The van der Waals surface area contributed by atoms with Crippen LogP contribution < -0.4 is 10.6 Å². The molecule has 0 amide bonds. The van der Waals surface area contributed by atoms with Crippen LogP contribution >= 0.6 is 0 Å². The van der Waals surface area contributed by atoms with Crippen molar-refractivity contribution in [3.8, 4) is 0 Å². The van der Waals surface area contributed by atoms with Crippen LogP contribution in [0.4, 0.5) is 0 Å². The standard InChI is InChI=1S/C50H78N2O7/c1-8-9-10-19-45(55)42(43-23-25-50(46(43)56)44(18-13-29-53)41(37(4)34-54)22-24-49(50,58)26-28-51-6)17-11-14-35(2)40-21-20-36(3)47(57)52-48(5,27-30-59-7)33-39-16-12-15-38(31-39)32-40/h11-12,14-17,20,31,34,40,43-47,51-53,55-58H,2,8-10,13,18-19,21-30,32-33H2,1,3-7H3. The van der Waals surface area contributed by atoms with Gasteiger partial charge in [-0.25, -0.2) is 0 Å². The molecular weight excluding hydrogens is 741 g/mol. The summed E-state index contributed by atoms with van der Waals surface area (Å²) in [7, 11) is 3.57. The van der Waals surface area contributed by atoms with Gasteiger partial charge in [0.2, 0.25) is 0 Å². The van der Waals surface area contributed by atoms with Crippen LogP contribution in [0.1, 0.15) is 122 Å². The minimum absolute atomic E-state index is 0.0159. The van der Waals surface area contributed by atoms with Crippen molar-refractivity contribution >= 4 is 6.29 Å². The molecule has 59 heavy (non-hydrogen) atoms. The van der Waals surface area contributed by atoms with E-state index in [1.54, 1.807) is 7.11 Å². The highest BCUT2D eigenvalue weighted by atomic mass is 16.5. The SMILES string of the molecule is C=C(C=CC=C(C(O)CCCCC)C1CCC2(C(CCCO)C(=C(C)C=O)CCC2(O)CCNC)C1O)C1CC=C(C)C(O)NC(C)(CCOC)Cc2cccc(c2)C1. The van der Waals surface area contributed by atoms with Crippen LogP contribution in [0.15, 0.2) is 83.0 Å². The molecule has 9 atom stereocenters. The van der Waals surface area contributed by atoms with Crippen molar-refractivity contribution in [1.29, 1.82) is 0 Å². The summed E-state index contributed by atoms with van der Waals surface area (Å²) in [6.45, 7) is 13.8. The zero-order chi connectivity index (χ0) is 43.2. The van der Waals surface area contributed by atoms with Crippen LogP contribution in [0.25, 0.3) is 0 Å². The molecular formula is C50H78N2O7. The van der Waals surface area contributed by atoms with E-state index in [9.17, 15) is 30.3 Å². The van der Waals surface area contributed by atoms with Crippen molar-refractivity contribution in [3.63, 3.8) is 0 Å². The number of fused-ring (bicyclic) bond motifs is 2. The predicted molar refractivity (Wildman–Crippen MR) is 239 cm³/mol. The molecule has 1 aliphatic heterocycles. The number of carbonyl (C=O) groups is 1. The first-order chi connectivity index (χ1) is 28.2. The molecule has 1 aromatic carbocycles. The molecule has 3 aliphatic rings. The summed E-state index contributed by atoms with van der Waals surface area (Å²) >= 11 is 0. The molecule has 0 aromatic heterocycles. The van der Waals surface area contributed by atoms with Gasteiger partial charge in [0.05, 0.1) is 17.8 Å². The van der Waals surface area contributed by atoms with Gasteiger partial charge >= 0.3 is 0 Å². The molecule has 1 spiro atoms. The number of aliphatic hydroxyl groups is 5. The topological polar surface area (TPSA) is 152 Å². The first kappa shape index (κ1) is 48.9. The summed E-state index contributed by atoms with van der Waals surface area (Å²) in [4.78, 5) is 12.2. The van der Waals surface area contributed by atoms with Crippen molar-refractivity contribution in [1.82, 2.24) is 10.6 Å². The van der Waals surface area contributed by atoms with Gasteiger partial charge in [-0.2, -0.15) is 0 Å². The number of nitrogens with one attached hydrogen (secondary N) is 2. The number of allylic oxidation sites excluding steroid dienone is 7. The Morgan fingerprint density at radius 1 is 1.15 bits per heavy atom. The van der Waals surface area contributed by atoms with Crippen molar-refractivity contribution in [2.24, 2.45) is 23.2 Å². The lowest BCUT2D eigenvalue weighted by molar-refractivity contribution is -0.181. The molecule has 9 nitrogen and oxygen atoms in total. The first-order valence-electron chi connectivity index (χ1n) is 22.5. The van der Waals surface area contributed by atoms with Crippen molar-refractivity contribution < 1.29 is 35.1 Å². The Labute approximate surface area is 355 Å². The van der Waals surface area contributed by atoms with Crippen LogP contribution in [0.5, 0.6) is 0 Å². The van der Waals surface area contributed by atoms with Crippen LogP contribution in [0.2, 0.25) is 0 Å². The van der Waals surface area contributed by atoms with Crippen molar-refractivity contribution in [2.45, 2.75) is 154 Å². The fourth-order valence-electron chi connectivity index (χ4n) is 10.7. The third-order valence-electron chi connectivity index (χ3n) is 14.2. The van der Waals surface area contributed by atoms with Crippen molar-refractivity contribution in [2.75, 3.05) is 33.9 Å². The van der Waals surface area contributed by atoms with Gasteiger partial charge in [-0.3, -0.25) is 10.1 Å². The zero-order valence-corrected chi connectivity index (χ0v) is 37.1. The maximum atomic E-state index is 12.8. The van der Waals surface area contributed by atoms with E-state index in [0.29, 0.717) is 76.5 Å². The van der Waals surface area contributed by atoms with Crippen molar-refractivity contribution in [3.05, 3.63) is 94.1 Å². The number of hydrogen-bond acceptors (Lipinski definition) is 9. The number of carbonyl (C=O) groups excluding carboxylic acids is 1. The molecule has 2 bridgehead atoms. The van der Waals surface area contributed by atoms with Gasteiger partial charge in [0.25, 0.3) is 0 Å². The van der Waals surface area contributed by atoms with E-state index in [1.807, 2.05) is 39.1 Å². The Bertz CT molecular complexity index is 1650. The quantitative estimate of drug-likeness (QED) is 0.0253. The van der Waals surface area contributed by atoms with Gasteiger partial charge in [-0.1, -0.05) is 92.5 Å². The number of aldehydes is 1. The van der Waals surface area contributed by atoms with E-state index in [2.05, 4.69) is 61.4 Å². The minimum atomic E-state index is -1.21. The monoisotopic (exact) mass is 819 g/mol. The van der Waals surface area contributed by atoms with Crippen LogP contribution in [0.3, 0.4) is 0 Å². The Balaban J connectivity index is 1.72. The zero-order valence-electron chi connectivity index (χ0n) is 37.1. The van der Waals surface area contributed by atoms with Gasteiger partial charge in [0.15, 0.2) is 0 Å². The number of ether oxygens (including phenoxy) is 1. The Morgan fingerprint density at radius 2 is 1.92 bits per heavy atom. The number of benzene rings is 1. The van der Waals surface area contributed by atoms with E-state index in [-0.39, 0.29) is 24.0 Å². The molecule has 0 saturated heterocycles. The molecule has 9 unspecified atom stereocenters. The number of unbranched alkanes of at least 4 members (excludes halogenated alkanes) is 2. The first-order valence-corrected chi connectivity index (χ1v) is 22.5. The van der Waals surface area contributed by atoms with Gasteiger partial charge < -0.3 is 35.6 Å². The third-order valence-corrected chi connectivity index (χ3v) is 14.2. The number of rotatable bonds is 19. The average molecular weight is 819 g/mol. The molecule has 330 valence electrons.